The first-order chi connectivity index (χ1) is 14.5. The third kappa shape index (κ3) is 6.82. The fourth-order valence-electron chi connectivity index (χ4n) is 3.39. The van der Waals surface area contributed by atoms with E-state index in [1.54, 1.807) is 0 Å². The van der Waals surface area contributed by atoms with E-state index in [1.165, 1.54) is 17.0 Å². The van der Waals surface area contributed by atoms with Gasteiger partial charge in [-0.3, -0.25) is 0 Å². The number of nitrogens with zero attached hydrogens (tertiary/aromatic N) is 1. The molecular weight excluding hydrogens is 478 g/mol. The van der Waals surface area contributed by atoms with Crippen LogP contribution in [0.3, 0.4) is 0 Å². The number of amides is 1. The lowest BCUT2D eigenvalue weighted by atomic mass is 9.88. The van der Waals surface area contributed by atoms with E-state index in [0.29, 0.717) is 18.7 Å². The third-order valence-electron chi connectivity index (χ3n) is 4.86. The van der Waals surface area contributed by atoms with Gasteiger partial charge in [0.2, 0.25) is 3.79 Å². The molecular formula is C21H19Cl3F3NO3. The number of carbonyl (C=O) groups excluding carboxylic acids is 1. The molecule has 1 aliphatic heterocycles. The number of hydrogen-bond donors (Lipinski definition) is 0. The second kappa shape index (κ2) is 9.76. The Kier molecular flexibility index (Phi) is 7.50. The molecule has 1 aliphatic rings. The van der Waals surface area contributed by atoms with E-state index >= 15 is 0 Å². The lowest BCUT2D eigenvalue weighted by Gasteiger charge is -2.38. The second-order valence-corrected chi connectivity index (χ2v) is 9.62. The summed E-state index contributed by atoms with van der Waals surface area (Å²) in [6.45, 7) is 0.232. The Hall–Kier alpha value is -1.83. The minimum atomic E-state index is -4.41. The Balaban J connectivity index is 1.74. The zero-order valence-corrected chi connectivity index (χ0v) is 18.4. The molecule has 2 unspecified atom stereocenters. The average Bonchev–Trinajstić information content (AvgIpc) is 2.72. The van der Waals surface area contributed by atoms with E-state index in [2.05, 4.69) is 0 Å². The number of hydrogen-bond acceptors (Lipinski definition) is 3. The smallest absolute Gasteiger partial charge is 0.416 e. The molecule has 4 nitrogen and oxygen atoms in total. The third-order valence-corrected chi connectivity index (χ3v) is 5.19. The van der Waals surface area contributed by atoms with E-state index in [4.69, 9.17) is 44.3 Å². The highest BCUT2D eigenvalue weighted by molar-refractivity contribution is 6.67. The van der Waals surface area contributed by atoms with Crippen LogP contribution in [0.15, 0.2) is 54.6 Å². The molecule has 2 aromatic rings. The molecule has 1 fully saturated rings. The normalized spacial score (nSPS) is 19.7. The zero-order valence-electron chi connectivity index (χ0n) is 16.1. The highest BCUT2D eigenvalue weighted by Crippen LogP contribution is 2.34. The topological polar surface area (TPSA) is 38.8 Å². The Morgan fingerprint density at radius 1 is 1.03 bits per heavy atom. The van der Waals surface area contributed by atoms with E-state index < -0.39 is 21.6 Å². The summed E-state index contributed by atoms with van der Waals surface area (Å²) in [5.41, 5.74) is 0.185. The van der Waals surface area contributed by atoms with E-state index in [0.717, 1.165) is 17.7 Å². The molecule has 2 aromatic carbocycles. The van der Waals surface area contributed by atoms with Gasteiger partial charge >= 0.3 is 12.3 Å². The van der Waals surface area contributed by atoms with Crippen molar-refractivity contribution >= 4 is 40.9 Å². The largest absolute Gasteiger partial charge is 0.490 e. The fraction of sp³-hybridized carbons (Fsp3) is 0.381. The first-order valence-electron chi connectivity index (χ1n) is 9.40. The van der Waals surface area contributed by atoms with Crippen molar-refractivity contribution in [3.8, 4) is 5.75 Å². The maximum atomic E-state index is 12.8. The molecule has 0 spiro atoms. The molecule has 1 heterocycles. The van der Waals surface area contributed by atoms with Crippen molar-refractivity contribution in [1.29, 1.82) is 0 Å². The number of alkyl halides is 6. The summed E-state index contributed by atoms with van der Waals surface area (Å²) in [5.74, 6) is 0.101. The Labute approximate surface area is 192 Å². The maximum Gasteiger partial charge on any atom is 0.416 e. The molecule has 0 saturated carbocycles. The van der Waals surface area contributed by atoms with Gasteiger partial charge < -0.3 is 14.4 Å². The van der Waals surface area contributed by atoms with Crippen molar-refractivity contribution in [2.75, 3.05) is 19.7 Å². The van der Waals surface area contributed by atoms with Gasteiger partial charge in [-0.15, -0.1) is 0 Å². The number of halogens is 6. The summed E-state index contributed by atoms with van der Waals surface area (Å²) < 4.78 is 47.8. The number of carbonyl (C=O) groups is 1. The van der Waals surface area contributed by atoms with Gasteiger partial charge in [-0.2, -0.15) is 13.2 Å². The van der Waals surface area contributed by atoms with Crippen molar-refractivity contribution < 1.29 is 27.4 Å². The van der Waals surface area contributed by atoms with Crippen molar-refractivity contribution in [3.63, 3.8) is 0 Å². The zero-order chi connectivity index (χ0) is 22.6. The minimum absolute atomic E-state index is 0.224. The first kappa shape index (κ1) is 23.8. The van der Waals surface area contributed by atoms with Crippen molar-refractivity contribution in [2.45, 2.75) is 28.4 Å². The van der Waals surface area contributed by atoms with Crippen LogP contribution in [0.5, 0.6) is 5.75 Å². The molecule has 1 amide bonds. The summed E-state index contributed by atoms with van der Waals surface area (Å²) in [6.07, 6.45) is -4.93. The number of likely N-dealkylation sites (tertiary alicyclic amines) is 1. The predicted octanol–water partition coefficient (Wildman–Crippen LogP) is 6.45. The number of benzene rings is 2. The highest BCUT2D eigenvalue weighted by Gasteiger charge is 2.36. The van der Waals surface area contributed by atoms with Gasteiger partial charge in [0.15, 0.2) is 0 Å². The van der Waals surface area contributed by atoms with Crippen LogP contribution >= 0.6 is 34.8 Å². The Bertz CT molecular complexity index is 873. The SMILES string of the molecule is O=C(OCC(Cl)(Cl)Cl)N1CCC(Oc2ccc(C(F)(F)F)cc2)C(c2ccccc2)C1. The van der Waals surface area contributed by atoms with Crippen molar-refractivity contribution in [1.82, 2.24) is 4.90 Å². The van der Waals surface area contributed by atoms with Crippen LogP contribution < -0.4 is 4.74 Å². The molecule has 0 aromatic heterocycles. The highest BCUT2D eigenvalue weighted by atomic mass is 35.6. The maximum absolute atomic E-state index is 12.8. The molecule has 0 N–H and O–H groups in total. The summed E-state index contributed by atoms with van der Waals surface area (Å²) in [4.78, 5) is 13.9. The number of piperidine rings is 1. The fourth-order valence-corrected chi connectivity index (χ4v) is 3.55. The van der Waals surface area contributed by atoms with Gasteiger partial charge in [0.25, 0.3) is 0 Å². The summed E-state index contributed by atoms with van der Waals surface area (Å²) in [5, 5.41) is 0. The molecule has 0 radical (unpaired) electrons. The van der Waals surface area contributed by atoms with Crippen molar-refractivity contribution in [2.24, 2.45) is 0 Å². The summed E-state index contributed by atoms with van der Waals surface area (Å²) in [7, 11) is 0. The lowest BCUT2D eigenvalue weighted by Crippen LogP contribution is -2.47. The van der Waals surface area contributed by atoms with Crippen LogP contribution in [0.1, 0.15) is 23.5 Å². The van der Waals surface area contributed by atoms with Crippen molar-refractivity contribution in [3.05, 3.63) is 65.7 Å². The van der Waals surface area contributed by atoms with Gasteiger partial charge in [-0.25, -0.2) is 4.79 Å². The molecule has 0 aliphatic carbocycles. The Morgan fingerprint density at radius 3 is 2.26 bits per heavy atom. The molecule has 2 atom stereocenters. The standard InChI is InChI=1S/C21H19Cl3F3NO3/c22-20(23,24)13-30-19(29)28-11-10-18(17(12-28)14-4-2-1-3-5-14)31-16-8-6-15(7-9-16)21(25,26)27/h1-9,17-18H,10-13H2. The Morgan fingerprint density at radius 2 is 1.68 bits per heavy atom. The first-order valence-corrected chi connectivity index (χ1v) is 10.5. The van der Waals surface area contributed by atoms with Gasteiger partial charge in [0, 0.05) is 25.4 Å². The number of rotatable bonds is 4. The van der Waals surface area contributed by atoms with Crippen LogP contribution in [0.2, 0.25) is 0 Å². The summed E-state index contributed by atoms with van der Waals surface area (Å²) >= 11 is 16.9. The van der Waals surface area contributed by atoms with Crippen LogP contribution in [0.25, 0.3) is 0 Å². The van der Waals surface area contributed by atoms with Crippen LogP contribution in [0, 0.1) is 0 Å². The molecule has 3 rings (SSSR count). The predicted molar refractivity (Wildman–Crippen MR) is 113 cm³/mol. The number of ether oxygens (including phenoxy) is 2. The van der Waals surface area contributed by atoms with E-state index in [-0.39, 0.29) is 25.2 Å². The minimum Gasteiger partial charge on any atom is -0.490 e. The molecule has 31 heavy (non-hydrogen) atoms. The van der Waals surface area contributed by atoms with E-state index in [9.17, 15) is 18.0 Å². The summed E-state index contributed by atoms with van der Waals surface area (Å²) in [6, 6.07) is 14.0. The molecule has 10 heteroatoms. The van der Waals surface area contributed by atoms with Crippen LogP contribution in [-0.2, 0) is 10.9 Å². The van der Waals surface area contributed by atoms with Crippen LogP contribution in [-0.4, -0.2) is 40.6 Å². The van der Waals surface area contributed by atoms with Gasteiger partial charge in [-0.1, -0.05) is 65.1 Å². The van der Waals surface area contributed by atoms with E-state index in [1.807, 2.05) is 30.3 Å². The molecule has 0 bridgehead atoms. The monoisotopic (exact) mass is 495 g/mol. The average molecular weight is 497 g/mol. The quantitative estimate of drug-likeness (QED) is 0.457. The second-order valence-electron chi connectivity index (χ2n) is 7.10. The van der Waals surface area contributed by atoms with Gasteiger partial charge in [-0.05, 0) is 29.8 Å². The van der Waals surface area contributed by atoms with Gasteiger partial charge in [0.05, 0.1) is 5.56 Å². The lowest BCUT2D eigenvalue weighted by molar-refractivity contribution is -0.137. The van der Waals surface area contributed by atoms with Crippen LogP contribution in [0.4, 0.5) is 18.0 Å². The molecule has 1 saturated heterocycles. The van der Waals surface area contributed by atoms with Gasteiger partial charge in [0.1, 0.15) is 18.5 Å². The molecule has 168 valence electrons.